The van der Waals surface area contributed by atoms with Crippen molar-refractivity contribution in [3.63, 3.8) is 0 Å². The molecule has 1 atom stereocenters. The van der Waals surface area contributed by atoms with Crippen LogP contribution in [0.5, 0.6) is 0 Å². The van der Waals surface area contributed by atoms with Crippen molar-refractivity contribution in [1.29, 1.82) is 0 Å². The third-order valence-corrected chi connectivity index (χ3v) is 3.04. The highest BCUT2D eigenvalue weighted by atomic mass is 35.5. The maximum absolute atomic E-state index is 13.4. The summed E-state index contributed by atoms with van der Waals surface area (Å²) in [7, 11) is 0. The lowest BCUT2D eigenvalue weighted by atomic mass is 10.1. The molecular formula is C12H14ClF2NO2. The number of carboxylic acids is 1. The Morgan fingerprint density at radius 3 is 2.78 bits per heavy atom. The van der Waals surface area contributed by atoms with Gasteiger partial charge in [0.2, 0.25) is 0 Å². The minimum atomic E-state index is -0.884. The number of carboxylic acid groups (broad SMARTS) is 1. The Hall–Kier alpha value is -1.20. The molecule has 1 aromatic carbocycles. The summed E-state index contributed by atoms with van der Waals surface area (Å²) in [6, 6.07) is 2.81. The lowest BCUT2D eigenvalue weighted by molar-refractivity contribution is -0.142. The molecular weight excluding hydrogens is 264 g/mol. The average molecular weight is 278 g/mol. The first-order valence-corrected chi connectivity index (χ1v) is 5.48. The van der Waals surface area contributed by atoms with Crippen molar-refractivity contribution >= 4 is 18.4 Å². The van der Waals surface area contributed by atoms with Gasteiger partial charge in [-0.15, -0.1) is 12.4 Å². The Balaban J connectivity index is 0.00000162. The predicted octanol–water partition coefficient (Wildman–Crippen LogP) is 2.44. The lowest BCUT2D eigenvalue weighted by Gasteiger charge is -2.21. The molecule has 1 aliphatic heterocycles. The van der Waals surface area contributed by atoms with Gasteiger partial charge in [-0.2, -0.15) is 0 Å². The van der Waals surface area contributed by atoms with E-state index >= 15 is 0 Å². The standard InChI is InChI=1S/C12H13F2NO2.ClH/c13-9-4-3-8(10(14)6-9)7-15-5-1-2-11(15)12(16)17;/h3-4,6,11H,1-2,5,7H2,(H,16,17);1H. The number of halogens is 3. The number of hydrogen-bond donors (Lipinski definition) is 1. The third-order valence-electron chi connectivity index (χ3n) is 3.04. The molecule has 0 aromatic heterocycles. The molecule has 1 aromatic rings. The summed E-state index contributed by atoms with van der Waals surface area (Å²) >= 11 is 0. The first-order valence-electron chi connectivity index (χ1n) is 5.48. The molecule has 1 saturated heterocycles. The third kappa shape index (κ3) is 3.17. The maximum atomic E-state index is 13.4. The largest absolute Gasteiger partial charge is 0.480 e. The fraction of sp³-hybridized carbons (Fsp3) is 0.417. The lowest BCUT2D eigenvalue weighted by Crippen LogP contribution is -2.35. The minimum Gasteiger partial charge on any atom is -0.480 e. The first kappa shape index (κ1) is 14.9. The van der Waals surface area contributed by atoms with Crippen LogP contribution in [0.4, 0.5) is 8.78 Å². The van der Waals surface area contributed by atoms with Gasteiger partial charge in [-0.3, -0.25) is 9.69 Å². The number of nitrogens with zero attached hydrogens (tertiary/aromatic N) is 1. The van der Waals surface area contributed by atoms with Gasteiger partial charge in [0, 0.05) is 18.2 Å². The van der Waals surface area contributed by atoms with Gasteiger partial charge in [0.05, 0.1) is 0 Å². The first-order chi connectivity index (χ1) is 8.08. The van der Waals surface area contributed by atoms with Gasteiger partial charge in [-0.05, 0) is 25.5 Å². The van der Waals surface area contributed by atoms with Crippen LogP contribution < -0.4 is 0 Å². The molecule has 0 aliphatic carbocycles. The second kappa shape index (κ2) is 6.11. The zero-order valence-electron chi connectivity index (χ0n) is 9.60. The van der Waals surface area contributed by atoms with E-state index in [4.69, 9.17) is 5.11 Å². The molecule has 3 nitrogen and oxygen atoms in total. The van der Waals surface area contributed by atoms with Crippen molar-refractivity contribution < 1.29 is 18.7 Å². The van der Waals surface area contributed by atoms with Gasteiger partial charge >= 0.3 is 5.97 Å². The molecule has 1 aliphatic rings. The van der Waals surface area contributed by atoms with Gasteiger partial charge in [-0.25, -0.2) is 8.78 Å². The van der Waals surface area contributed by atoms with E-state index in [1.807, 2.05) is 0 Å². The number of benzene rings is 1. The van der Waals surface area contributed by atoms with E-state index in [1.54, 1.807) is 4.90 Å². The van der Waals surface area contributed by atoms with E-state index in [1.165, 1.54) is 12.1 Å². The van der Waals surface area contributed by atoms with Crippen LogP contribution >= 0.6 is 12.4 Å². The zero-order valence-corrected chi connectivity index (χ0v) is 10.4. The molecule has 1 fully saturated rings. The zero-order chi connectivity index (χ0) is 12.4. The van der Waals surface area contributed by atoms with Crippen molar-refractivity contribution in [1.82, 2.24) is 4.90 Å². The van der Waals surface area contributed by atoms with Crippen LogP contribution in [0.3, 0.4) is 0 Å². The summed E-state index contributed by atoms with van der Waals surface area (Å²) in [6.07, 6.45) is 1.37. The summed E-state index contributed by atoms with van der Waals surface area (Å²) in [5.74, 6) is -2.13. The highest BCUT2D eigenvalue weighted by Gasteiger charge is 2.30. The van der Waals surface area contributed by atoms with Crippen molar-refractivity contribution in [3.8, 4) is 0 Å². The van der Waals surface area contributed by atoms with Crippen LogP contribution in [0.2, 0.25) is 0 Å². The van der Waals surface area contributed by atoms with E-state index in [9.17, 15) is 13.6 Å². The summed E-state index contributed by atoms with van der Waals surface area (Å²) in [6.45, 7) is 0.844. The van der Waals surface area contributed by atoms with Crippen molar-refractivity contribution in [3.05, 3.63) is 35.4 Å². The number of hydrogen-bond acceptors (Lipinski definition) is 2. The summed E-state index contributed by atoms with van der Waals surface area (Å²) < 4.78 is 26.1. The Bertz CT molecular complexity index is 442. The van der Waals surface area contributed by atoms with Crippen molar-refractivity contribution in [2.45, 2.75) is 25.4 Å². The van der Waals surface area contributed by atoms with Crippen LogP contribution in [0, 0.1) is 11.6 Å². The molecule has 6 heteroatoms. The molecule has 18 heavy (non-hydrogen) atoms. The molecule has 100 valence electrons. The summed E-state index contributed by atoms with van der Waals surface area (Å²) in [5, 5.41) is 8.98. The Kier molecular flexibility index (Phi) is 5.04. The van der Waals surface area contributed by atoms with Crippen LogP contribution in [0.25, 0.3) is 0 Å². The highest BCUT2D eigenvalue weighted by Crippen LogP contribution is 2.21. The monoisotopic (exact) mass is 277 g/mol. The molecule has 0 amide bonds. The van der Waals surface area contributed by atoms with Gasteiger partial charge < -0.3 is 5.11 Å². The van der Waals surface area contributed by atoms with Crippen LogP contribution in [0.15, 0.2) is 18.2 Å². The number of carbonyl (C=O) groups is 1. The normalized spacial score (nSPS) is 19.6. The van der Waals surface area contributed by atoms with Gasteiger partial charge in [0.1, 0.15) is 17.7 Å². The maximum Gasteiger partial charge on any atom is 0.320 e. The van der Waals surface area contributed by atoms with Crippen molar-refractivity contribution in [2.24, 2.45) is 0 Å². The molecule has 1 heterocycles. The van der Waals surface area contributed by atoms with Gasteiger partial charge in [0.25, 0.3) is 0 Å². The summed E-state index contributed by atoms with van der Waals surface area (Å²) in [4.78, 5) is 12.7. The fourth-order valence-corrected chi connectivity index (χ4v) is 2.16. The van der Waals surface area contributed by atoms with E-state index in [0.717, 1.165) is 12.5 Å². The second-order valence-electron chi connectivity index (χ2n) is 4.20. The highest BCUT2D eigenvalue weighted by molar-refractivity contribution is 5.85. The molecule has 0 saturated carbocycles. The minimum absolute atomic E-state index is 0. The molecule has 0 bridgehead atoms. The second-order valence-corrected chi connectivity index (χ2v) is 4.20. The van der Waals surface area contributed by atoms with Crippen LogP contribution in [0.1, 0.15) is 18.4 Å². The molecule has 0 spiro atoms. The van der Waals surface area contributed by atoms with E-state index in [2.05, 4.69) is 0 Å². The van der Waals surface area contributed by atoms with E-state index < -0.39 is 23.6 Å². The predicted molar refractivity (Wildman–Crippen MR) is 64.7 cm³/mol. The quantitative estimate of drug-likeness (QED) is 0.922. The molecule has 1 unspecified atom stereocenters. The Morgan fingerprint density at radius 1 is 1.44 bits per heavy atom. The number of likely N-dealkylation sites (tertiary alicyclic amines) is 1. The van der Waals surface area contributed by atoms with E-state index in [0.29, 0.717) is 18.5 Å². The smallest absolute Gasteiger partial charge is 0.320 e. The fourth-order valence-electron chi connectivity index (χ4n) is 2.16. The topological polar surface area (TPSA) is 40.5 Å². The van der Waals surface area contributed by atoms with Crippen LogP contribution in [-0.2, 0) is 11.3 Å². The number of rotatable bonds is 3. The van der Waals surface area contributed by atoms with Gasteiger partial charge in [-0.1, -0.05) is 6.07 Å². The SMILES string of the molecule is Cl.O=C(O)C1CCCN1Cc1ccc(F)cc1F. The Morgan fingerprint density at radius 2 is 2.17 bits per heavy atom. The number of aliphatic carboxylic acids is 1. The molecule has 2 rings (SSSR count). The summed E-state index contributed by atoms with van der Waals surface area (Å²) in [5.41, 5.74) is 0.333. The molecule has 0 radical (unpaired) electrons. The van der Waals surface area contributed by atoms with Gasteiger partial charge in [0.15, 0.2) is 0 Å². The Labute approximate surface area is 110 Å². The molecule has 1 N–H and O–H groups in total. The van der Waals surface area contributed by atoms with Crippen molar-refractivity contribution in [2.75, 3.05) is 6.54 Å². The van der Waals surface area contributed by atoms with E-state index in [-0.39, 0.29) is 19.0 Å². The average Bonchev–Trinajstić information content (AvgIpc) is 2.70. The van der Waals surface area contributed by atoms with Crippen LogP contribution in [-0.4, -0.2) is 28.6 Å².